The van der Waals surface area contributed by atoms with Crippen LogP contribution in [0, 0.1) is 0 Å². The summed E-state index contributed by atoms with van der Waals surface area (Å²) in [5, 5.41) is 16.9. The van der Waals surface area contributed by atoms with Crippen LogP contribution in [0.4, 0.5) is 0 Å². The molecule has 1 aromatic carbocycles. The number of rotatable bonds is 2. The average Bonchev–Trinajstić information content (AvgIpc) is 2.93. The minimum absolute atomic E-state index is 0.218. The summed E-state index contributed by atoms with van der Waals surface area (Å²) >= 11 is 0. The highest BCUT2D eigenvalue weighted by molar-refractivity contribution is 5.69. The Morgan fingerprint density at radius 2 is 1.89 bits per heavy atom. The molecule has 0 aliphatic heterocycles. The number of aromatic nitrogens is 3. The van der Waals surface area contributed by atoms with Crippen LogP contribution < -0.4 is 0 Å². The zero-order chi connectivity index (χ0) is 12.4. The van der Waals surface area contributed by atoms with E-state index in [1.165, 1.54) is 6.39 Å². The minimum Gasteiger partial charge on any atom is -0.508 e. The minimum atomic E-state index is 0.218. The Morgan fingerprint density at radius 1 is 1.00 bits per heavy atom. The molecule has 0 amide bonds. The molecular weight excluding hydrogens is 230 g/mol. The van der Waals surface area contributed by atoms with Gasteiger partial charge >= 0.3 is 0 Å². The fourth-order valence-corrected chi connectivity index (χ4v) is 1.70. The van der Waals surface area contributed by atoms with Crippen molar-refractivity contribution >= 4 is 0 Å². The van der Waals surface area contributed by atoms with E-state index < -0.39 is 0 Å². The number of benzene rings is 1. The Bertz CT molecular complexity index is 666. The number of pyridine rings is 1. The number of aromatic hydroxyl groups is 1. The molecule has 0 atom stereocenters. The van der Waals surface area contributed by atoms with Crippen LogP contribution >= 0.6 is 0 Å². The van der Waals surface area contributed by atoms with E-state index in [1.807, 2.05) is 12.1 Å². The van der Waals surface area contributed by atoms with Crippen LogP contribution in [-0.2, 0) is 0 Å². The van der Waals surface area contributed by atoms with Crippen LogP contribution in [0.15, 0.2) is 53.5 Å². The Balaban J connectivity index is 2.06. The lowest BCUT2D eigenvalue weighted by molar-refractivity contribution is 0.475. The van der Waals surface area contributed by atoms with Crippen molar-refractivity contribution in [2.24, 2.45) is 0 Å². The molecule has 0 unspecified atom stereocenters. The van der Waals surface area contributed by atoms with Crippen LogP contribution in [0.3, 0.4) is 0 Å². The Hall–Kier alpha value is -2.69. The van der Waals surface area contributed by atoms with Crippen molar-refractivity contribution in [3.05, 3.63) is 49.1 Å². The highest BCUT2D eigenvalue weighted by Gasteiger charge is 2.06. The first-order valence-corrected chi connectivity index (χ1v) is 5.34. The smallest absolute Gasteiger partial charge is 0.249 e. The van der Waals surface area contributed by atoms with Gasteiger partial charge in [-0.25, -0.2) is 0 Å². The molecule has 0 bridgehead atoms. The van der Waals surface area contributed by atoms with E-state index >= 15 is 0 Å². The summed E-state index contributed by atoms with van der Waals surface area (Å²) in [6.07, 6.45) is 4.64. The number of nitrogens with zero attached hydrogens (tertiary/aromatic N) is 3. The molecule has 0 aliphatic carbocycles. The van der Waals surface area contributed by atoms with Crippen LogP contribution in [0.5, 0.6) is 5.75 Å². The third-order valence-corrected chi connectivity index (χ3v) is 2.52. The second-order valence-corrected chi connectivity index (χ2v) is 3.76. The SMILES string of the molecule is Oc1cccc(-c2cncc(-c3nnco3)c2)c1. The lowest BCUT2D eigenvalue weighted by atomic mass is 10.1. The van der Waals surface area contributed by atoms with E-state index in [-0.39, 0.29) is 5.75 Å². The van der Waals surface area contributed by atoms with Crippen LogP contribution in [-0.4, -0.2) is 20.3 Å². The third kappa shape index (κ3) is 1.93. The van der Waals surface area contributed by atoms with Gasteiger partial charge in [0.25, 0.3) is 0 Å². The molecule has 5 nitrogen and oxygen atoms in total. The molecule has 2 aromatic heterocycles. The lowest BCUT2D eigenvalue weighted by Crippen LogP contribution is -1.84. The summed E-state index contributed by atoms with van der Waals surface area (Å²) in [4.78, 5) is 4.14. The molecular formula is C13H9N3O2. The third-order valence-electron chi connectivity index (χ3n) is 2.52. The van der Waals surface area contributed by atoms with Gasteiger partial charge in [-0.1, -0.05) is 12.1 Å². The molecule has 0 radical (unpaired) electrons. The van der Waals surface area contributed by atoms with Gasteiger partial charge in [-0.2, -0.15) is 0 Å². The molecule has 3 aromatic rings. The summed E-state index contributed by atoms with van der Waals surface area (Å²) < 4.78 is 5.12. The number of hydrogen-bond donors (Lipinski definition) is 1. The predicted molar refractivity (Wildman–Crippen MR) is 64.6 cm³/mol. The van der Waals surface area contributed by atoms with E-state index in [0.29, 0.717) is 5.89 Å². The van der Waals surface area contributed by atoms with Crippen molar-refractivity contribution in [1.29, 1.82) is 0 Å². The Labute approximate surface area is 103 Å². The predicted octanol–water partition coefficient (Wildman–Crippen LogP) is 2.50. The van der Waals surface area contributed by atoms with E-state index in [2.05, 4.69) is 15.2 Å². The van der Waals surface area contributed by atoms with Gasteiger partial charge < -0.3 is 9.52 Å². The van der Waals surface area contributed by atoms with E-state index in [1.54, 1.807) is 30.6 Å². The second kappa shape index (κ2) is 4.29. The average molecular weight is 239 g/mol. The molecule has 1 N–H and O–H groups in total. The maximum absolute atomic E-state index is 9.47. The molecule has 2 heterocycles. The Kier molecular flexibility index (Phi) is 2.49. The zero-order valence-corrected chi connectivity index (χ0v) is 9.32. The van der Waals surface area contributed by atoms with Crippen molar-refractivity contribution in [3.8, 4) is 28.3 Å². The van der Waals surface area contributed by atoms with Gasteiger partial charge in [0.1, 0.15) is 5.75 Å². The first kappa shape index (κ1) is 10.5. The maximum atomic E-state index is 9.47. The van der Waals surface area contributed by atoms with Crippen molar-refractivity contribution in [1.82, 2.24) is 15.2 Å². The van der Waals surface area contributed by atoms with Crippen LogP contribution in [0.2, 0.25) is 0 Å². The van der Waals surface area contributed by atoms with Gasteiger partial charge in [-0.05, 0) is 23.8 Å². The van der Waals surface area contributed by atoms with Gasteiger partial charge in [-0.15, -0.1) is 10.2 Å². The normalized spacial score (nSPS) is 10.4. The zero-order valence-electron chi connectivity index (χ0n) is 9.32. The van der Waals surface area contributed by atoms with Crippen molar-refractivity contribution in [2.45, 2.75) is 0 Å². The molecule has 0 spiro atoms. The molecule has 3 rings (SSSR count). The van der Waals surface area contributed by atoms with Gasteiger partial charge in [0.15, 0.2) is 0 Å². The molecule has 88 valence electrons. The van der Waals surface area contributed by atoms with Crippen molar-refractivity contribution in [2.75, 3.05) is 0 Å². The van der Waals surface area contributed by atoms with E-state index in [4.69, 9.17) is 4.42 Å². The fourth-order valence-electron chi connectivity index (χ4n) is 1.70. The van der Waals surface area contributed by atoms with Gasteiger partial charge in [0.2, 0.25) is 12.3 Å². The van der Waals surface area contributed by atoms with Gasteiger partial charge in [0.05, 0.1) is 5.56 Å². The van der Waals surface area contributed by atoms with Gasteiger partial charge in [-0.3, -0.25) is 4.98 Å². The van der Waals surface area contributed by atoms with E-state index in [9.17, 15) is 5.11 Å². The molecule has 0 saturated carbocycles. The molecule has 0 fully saturated rings. The summed E-state index contributed by atoms with van der Waals surface area (Å²) in [7, 11) is 0. The monoisotopic (exact) mass is 239 g/mol. The maximum Gasteiger partial charge on any atom is 0.249 e. The largest absolute Gasteiger partial charge is 0.508 e. The molecule has 5 heteroatoms. The standard InChI is InChI=1S/C13H9N3O2/c17-12-3-1-2-9(5-12)10-4-11(7-14-6-10)13-16-15-8-18-13/h1-8,17H. The van der Waals surface area contributed by atoms with Gasteiger partial charge in [0, 0.05) is 18.0 Å². The molecule has 18 heavy (non-hydrogen) atoms. The summed E-state index contributed by atoms with van der Waals surface area (Å²) in [5.74, 6) is 0.639. The highest BCUT2D eigenvalue weighted by Crippen LogP contribution is 2.26. The van der Waals surface area contributed by atoms with Crippen LogP contribution in [0.1, 0.15) is 0 Å². The van der Waals surface area contributed by atoms with E-state index in [0.717, 1.165) is 16.7 Å². The summed E-state index contributed by atoms with van der Waals surface area (Å²) in [6.45, 7) is 0. The first-order chi connectivity index (χ1) is 8.83. The van der Waals surface area contributed by atoms with Crippen LogP contribution in [0.25, 0.3) is 22.6 Å². The molecule has 0 saturated heterocycles. The fraction of sp³-hybridized carbons (Fsp3) is 0. The Morgan fingerprint density at radius 3 is 2.67 bits per heavy atom. The summed E-state index contributed by atoms with van der Waals surface area (Å²) in [5.41, 5.74) is 2.50. The quantitative estimate of drug-likeness (QED) is 0.743. The molecule has 0 aliphatic rings. The topological polar surface area (TPSA) is 72.0 Å². The number of phenolic OH excluding ortho intramolecular Hbond substituents is 1. The first-order valence-electron chi connectivity index (χ1n) is 5.34. The highest BCUT2D eigenvalue weighted by atomic mass is 16.4. The number of phenols is 1. The van der Waals surface area contributed by atoms with Crippen molar-refractivity contribution in [3.63, 3.8) is 0 Å². The van der Waals surface area contributed by atoms with Crippen molar-refractivity contribution < 1.29 is 9.52 Å². The lowest BCUT2D eigenvalue weighted by Gasteiger charge is -2.03. The second-order valence-electron chi connectivity index (χ2n) is 3.76. The summed E-state index contributed by atoms with van der Waals surface area (Å²) in [6, 6.07) is 8.86. The number of hydrogen-bond acceptors (Lipinski definition) is 5.